The largest absolute Gasteiger partial charge is 0.483 e. The molecule has 1 fully saturated rings. The number of rotatable bonds is 2. The van der Waals surface area contributed by atoms with Gasteiger partial charge in [0.15, 0.2) is 5.05 Å². The van der Waals surface area contributed by atoms with Crippen molar-refractivity contribution in [3.63, 3.8) is 0 Å². The minimum Gasteiger partial charge on any atom is -0.483 e. The third kappa shape index (κ3) is 2.46. The molecule has 1 nitrogen and oxygen atoms in total. The molecule has 0 aromatic rings. The fourth-order valence-corrected chi connectivity index (χ4v) is 1.44. The summed E-state index contributed by atoms with van der Waals surface area (Å²) >= 11 is 8.92. The maximum Gasteiger partial charge on any atom is 0.169 e. The van der Waals surface area contributed by atoms with E-state index in [9.17, 15) is 0 Å². The molecule has 0 aromatic heterocycles. The van der Waals surface area contributed by atoms with Crippen LogP contribution in [0.4, 0.5) is 0 Å². The first-order valence-electron chi connectivity index (χ1n) is 3.63. The van der Waals surface area contributed by atoms with E-state index in [1.54, 1.807) is 0 Å². The van der Waals surface area contributed by atoms with Crippen molar-refractivity contribution in [3.8, 4) is 0 Å². The highest BCUT2D eigenvalue weighted by Gasteiger charge is 2.16. The normalized spacial score (nSPS) is 19.3. The molecule has 0 spiro atoms. The average molecular weight is 176 g/mol. The molecule has 0 aliphatic heterocycles. The summed E-state index contributed by atoms with van der Waals surface area (Å²) in [6.45, 7) is 0. The molecule has 0 radical (unpaired) electrons. The van der Waals surface area contributed by atoms with Crippen LogP contribution in [0.5, 0.6) is 0 Å². The molecule has 1 aliphatic carbocycles. The van der Waals surface area contributed by atoms with Crippen molar-refractivity contribution in [2.24, 2.45) is 0 Å². The number of ether oxygens (including phenoxy) is 1. The standard InChI is InChI=1S/C7H12OS2/c9-5-7(10)8-6-3-1-2-4-6/h6,9H,1-5H2. The number of hydrogen-bond donors (Lipinski definition) is 1. The average Bonchev–Trinajstić information content (AvgIpc) is 2.40. The van der Waals surface area contributed by atoms with Crippen molar-refractivity contribution in [2.75, 3.05) is 5.75 Å². The van der Waals surface area contributed by atoms with Crippen molar-refractivity contribution in [1.82, 2.24) is 0 Å². The van der Waals surface area contributed by atoms with E-state index in [4.69, 9.17) is 17.0 Å². The first kappa shape index (κ1) is 8.34. The lowest BCUT2D eigenvalue weighted by Crippen LogP contribution is -2.13. The highest BCUT2D eigenvalue weighted by molar-refractivity contribution is 7.85. The molecule has 0 aromatic carbocycles. The summed E-state index contributed by atoms with van der Waals surface area (Å²) < 4.78 is 5.42. The Balaban J connectivity index is 2.17. The highest BCUT2D eigenvalue weighted by atomic mass is 32.1. The Morgan fingerprint density at radius 3 is 2.60 bits per heavy atom. The minimum atomic E-state index is 0.402. The summed E-state index contributed by atoms with van der Waals surface area (Å²) in [5.41, 5.74) is 0. The predicted octanol–water partition coefficient (Wildman–Crippen LogP) is 2.20. The lowest BCUT2D eigenvalue weighted by atomic mass is 10.3. The Morgan fingerprint density at radius 1 is 1.50 bits per heavy atom. The molecule has 0 N–H and O–H groups in total. The molecular formula is C7H12OS2. The van der Waals surface area contributed by atoms with Crippen LogP contribution in [0.3, 0.4) is 0 Å². The zero-order chi connectivity index (χ0) is 7.40. The summed E-state index contributed by atoms with van der Waals surface area (Å²) in [6, 6.07) is 0. The van der Waals surface area contributed by atoms with Crippen molar-refractivity contribution >= 4 is 29.9 Å². The van der Waals surface area contributed by atoms with E-state index in [0.29, 0.717) is 16.9 Å². The SMILES string of the molecule is S=C(CS)OC1CCCC1. The van der Waals surface area contributed by atoms with Gasteiger partial charge in [0.2, 0.25) is 0 Å². The first-order valence-corrected chi connectivity index (χ1v) is 4.67. The summed E-state index contributed by atoms with van der Waals surface area (Å²) in [5.74, 6) is 0.575. The Morgan fingerprint density at radius 2 is 2.10 bits per heavy atom. The molecule has 0 atom stereocenters. The van der Waals surface area contributed by atoms with Crippen LogP contribution in [0.25, 0.3) is 0 Å². The topological polar surface area (TPSA) is 9.23 Å². The van der Waals surface area contributed by atoms with Gasteiger partial charge >= 0.3 is 0 Å². The lowest BCUT2D eigenvalue weighted by molar-refractivity contribution is 0.201. The molecule has 0 heterocycles. The van der Waals surface area contributed by atoms with Crippen molar-refractivity contribution in [2.45, 2.75) is 31.8 Å². The third-order valence-corrected chi connectivity index (χ3v) is 2.47. The van der Waals surface area contributed by atoms with Crippen molar-refractivity contribution in [1.29, 1.82) is 0 Å². The van der Waals surface area contributed by atoms with Crippen LogP contribution >= 0.6 is 24.8 Å². The maximum atomic E-state index is 5.42. The van der Waals surface area contributed by atoms with E-state index in [2.05, 4.69) is 12.6 Å². The van der Waals surface area contributed by atoms with Crippen LogP contribution in [0.15, 0.2) is 0 Å². The smallest absolute Gasteiger partial charge is 0.169 e. The molecule has 0 saturated heterocycles. The molecule has 3 heteroatoms. The van der Waals surface area contributed by atoms with Gasteiger partial charge in [0.1, 0.15) is 0 Å². The second-order valence-electron chi connectivity index (χ2n) is 2.55. The zero-order valence-corrected chi connectivity index (χ0v) is 7.59. The van der Waals surface area contributed by atoms with Gasteiger partial charge in [-0.15, -0.1) is 0 Å². The van der Waals surface area contributed by atoms with E-state index in [1.165, 1.54) is 25.7 Å². The lowest BCUT2D eigenvalue weighted by Gasteiger charge is -2.11. The molecule has 10 heavy (non-hydrogen) atoms. The molecule has 58 valence electrons. The van der Waals surface area contributed by atoms with Crippen LogP contribution in [0.1, 0.15) is 25.7 Å². The molecule has 0 bridgehead atoms. The highest BCUT2D eigenvalue weighted by Crippen LogP contribution is 2.21. The Kier molecular flexibility index (Phi) is 3.49. The van der Waals surface area contributed by atoms with Gasteiger partial charge in [-0.2, -0.15) is 12.6 Å². The minimum absolute atomic E-state index is 0.402. The van der Waals surface area contributed by atoms with E-state index >= 15 is 0 Å². The third-order valence-electron chi connectivity index (χ3n) is 1.73. The molecule has 1 aliphatic rings. The second kappa shape index (κ2) is 4.19. The van der Waals surface area contributed by atoms with Gasteiger partial charge in [-0.05, 0) is 37.9 Å². The number of thiol groups is 1. The summed E-state index contributed by atoms with van der Waals surface area (Å²) in [7, 11) is 0. The van der Waals surface area contributed by atoms with Crippen LogP contribution in [-0.4, -0.2) is 16.9 Å². The van der Waals surface area contributed by atoms with Crippen LogP contribution in [-0.2, 0) is 4.74 Å². The fourth-order valence-electron chi connectivity index (χ4n) is 1.23. The van der Waals surface area contributed by atoms with Gasteiger partial charge in [0.25, 0.3) is 0 Å². The molecule has 0 amide bonds. The Hall–Kier alpha value is 0.240. The maximum absolute atomic E-state index is 5.42. The quantitative estimate of drug-likeness (QED) is 0.510. The van der Waals surface area contributed by atoms with E-state index < -0.39 is 0 Å². The zero-order valence-electron chi connectivity index (χ0n) is 5.88. The number of hydrogen-bond acceptors (Lipinski definition) is 3. The van der Waals surface area contributed by atoms with E-state index in [-0.39, 0.29) is 0 Å². The van der Waals surface area contributed by atoms with E-state index in [1.807, 2.05) is 0 Å². The second-order valence-corrected chi connectivity index (χ2v) is 3.33. The van der Waals surface area contributed by atoms with Crippen molar-refractivity contribution < 1.29 is 4.74 Å². The van der Waals surface area contributed by atoms with Gasteiger partial charge in [0.05, 0.1) is 11.9 Å². The van der Waals surface area contributed by atoms with Gasteiger partial charge in [-0.3, -0.25) is 0 Å². The molecule has 1 saturated carbocycles. The van der Waals surface area contributed by atoms with E-state index in [0.717, 1.165) is 0 Å². The molecule has 0 unspecified atom stereocenters. The van der Waals surface area contributed by atoms with Gasteiger partial charge in [-0.1, -0.05) is 0 Å². The van der Waals surface area contributed by atoms with Crippen LogP contribution < -0.4 is 0 Å². The molecular weight excluding hydrogens is 164 g/mol. The van der Waals surface area contributed by atoms with Gasteiger partial charge < -0.3 is 4.74 Å². The summed E-state index contributed by atoms with van der Waals surface area (Å²) in [6.07, 6.45) is 5.33. The predicted molar refractivity (Wildman–Crippen MR) is 49.8 cm³/mol. The Labute approximate surface area is 72.6 Å². The summed E-state index contributed by atoms with van der Waals surface area (Å²) in [5, 5.41) is 0.648. The summed E-state index contributed by atoms with van der Waals surface area (Å²) in [4.78, 5) is 0. The Bertz CT molecular complexity index is 119. The molecule has 1 rings (SSSR count). The fraction of sp³-hybridized carbons (Fsp3) is 0.857. The monoisotopic (exact) mass is 176 g/mol. The van der Waals surface area contributed by atoms with Crippen LogP contribution in [0.2, 0.25) is 0 Å². The van der Waals surface area contributed by atoms with Crippen molar-refractivity contribution in [3.05, 3.63) is 0 Å². The van der Waals surface area contributed by atoms with Gasteiger partial charge in [-0.25, -0.2) is 0 Å². The van der Waals surface area contributed by atoms with Crippen LogP contribution in [0, 0.1) is 0 Å². The number of thiocarbonyl (C=S) groups is 1. The first-order chi connectivity index (χ1) is 4.83. The van der Waals surface area contributed by atoms with Gasteiger partial charge in [0, 0.05) is 0 Å².